The highest BCUT2D eigenvalue weighted by atomic mass is 16.1. The summed E-state index contributed by atoms with van der Waals surface area (Å²) in [5.74, 6) is 0. The van der Waals surface area contributed by atoms with Gasteiger partial charge in [0, 0.05) is 5.56 Å². The van der Waals surface area contributed by atoms with Crippen molar-refractivity contribution in [1.29, 1.82) is 0 Å². The summed E-state index contributed by atoms with van der Waals surface area (Å²) in [7, 11) is 0. The van der Waals surface area contributed by atoms with E-state index in [1.807, 2.05) is 24.3 Å². The molecule has 1 aromatic rings. The van der Waals surface area contributed by atoms with Gasteiger partial charge in [-0.05, 0) is 24.8 Å². The Morgan fingerprint density at radius 1 is 0.900 bits per heavy atom. The SMILES string of the molecule is CCCCCCCCC/C=C/Cc1ccccc1C=O. The maximum Gasteiger partial charge on any atom is 0.150 e. The molecule has 20 heavy (non-hydrogen) atoms. The van der Waals surface area contributed by atoms with Crippen LogP contribution in [0.15, 0.2) is 36.4 Å². The molecule has 1 rings (SSSR count). The van der Waals surface area contributed by atoms with E-state index >= 15 is 0 Å². The van der Waals surface area contributed by atoms with Crippen molar-refractivity contribution in [3.05, 3.63) is 47.5 Å². The quantitative estimate of drug-likeness (QED) is 0.285. The van der Waals surface area contributed by atoms with Crippen molar-refractivity contribution >= 4 is 6.29 Å². The third kappa shape index (κ3) is 7.28. The molecule has 110 valence electrons. The summed E-state index contributed by atoms with van der Waals surface area (Å²) in [6, 6.07) is 7.82. The molecule has 0 aliphatic rings. The third-order valence-electron chi connectivity index (χ3n) is 3.66. The van der Waals surface area contributed by atoms with Crippen molar-refractivity contribution in [2.75, 3.05) is 0 Å². The Morgan fingerprint density at radius 3 is 2.35 bits per heavy atom. The minimum atomic E-state index is 0.813. The second-order valence-electron chi connectivity index (χ2n) is 5.40. The molecule has 0 saturated heterocycles. The first-order chi connectivity index (χ1) is 9.88. The first kappa shape index (κ1) is 16.7. The van der Waals surface area contributed by atoms with Crippen LogP contribution < -0.4 is 0 Å². The Hall–Kier alpha value is -1.37. The van der Waals surface area contributed by atoms with E-state index in [-0.39, 0.29) is 0 Å². The summed E-state index contributed by atoms with van der Waals surface area (Å²) in [6.07, 6.45) is 16.9. The average molecular weight is 272 g/mol. The fourth-order valence-corrected chi connectivity index (χ4v) is 2.38. The monoisotopic (exact) mass is 272 g/mol. The lowest BCUT2D eigenvalue weighted by Crippen LogP contribution is -1.89. The molecule has 0 atom stereocenters. The molecular weight excluding hydrogens is 244 g/mol. The van der Waals surface area contributed by atoms with Gasteiger partial charge in [0.15, 0.2) is 0 Å². The molecular formula is C19H28O. The molecule has 0 spiro atoms. The van der Waals surface area contributed by atoms with Crippen molar-refractivity contribution in [1.82, 2.24) is 0 Å². The average Bonchev–Trinajstić information content (AvgIpc) is 2.49. The summed E-state index contributed by atoms with van der Waals surface area (Å²) in [6.45, 7) is 2.26. The first-order valence-electron chi connectivity index (χ1n) is 8.06. The van der Waals surface area contributed by atoms with E-state index in [1.54, 1.807) is 0 Å². The van der Waals surface area contributed by atoms with Gasteiger partial charge in [-0.25, -0.2) is 0 Å². The Kier molecular flexibility index (Phi) is 9.56. The maximum absolute atomic E-state index is 10.9. The minimum Gasteiger partial charge on any atom is -0.298 e. The molecule has 0 radical (unpaired) electrons. The third-order valence-corrected chi connectivity index (χ3v) is 3.66. The van der Waals surface area contributed by atoms with Gasteiger partial charge in [0.1, 0.15) is 6.29 Å². The van der Waals surface area contributed by atoms with Crippen molar-refractivity contribution in [3.63, 3.8) is 0 Å². The maximum atomic E-state index is 10.9. The lowest BCUT2D eigenvalue weighted by Gasteiger charge is -2.00. The Morgan fingerprint density at radius 2 is 1.60 bits per heavy atom. The van der Waals surface area contributed by atoms with Crippen LogP contribution in [0.3, 0.4) is 0 Å². The first-order valence-corrected chi connectivity index (χ1v) is 8.06. The molecule has 1 heteroatoms. The predicted octanol–water partition coefficient (Wildman–Crippen LogP) is 5.74. The van der Waals surface area contributed by atoms with Crippen LogP contribution in [0.2, 0.25) is 0 Å². The number of hydrogen-bond donors (Lipinski definition) is 0. The molecule has 0 amide bonds. The number of allylic oxidation sites excluding steroid dienone is 2. The molecule has 0 bridgehead atoms. The standard InChI is InChI=1S/C19H28O/c1-2-3-4-5-6-7-8-9-10-11-14-18-15-12-13-16-19(18)17-20/h10-13,15-17H,2-9,14H2,1H3/b11-10+. The van der Waals surface area contributed by atoms with E-state index in [9.17, 15) is 4.79 Å². The molecule has 0 heterocycles. The largest absolute Gasteiger partial charge is 0.298 e. The van der Waals surface area contributed by atoms with Crippen molar-refractivity contribution < 1.29 is 4.79 Å². The van der Waals surface area contributed by atoms with Crippen LogP contribution in [0, 0.1) is 0 Å². The summed E-state index contributed by atoms with van der Waals surface area (Å²) < 4.78 is 0. The van der Waals surface area contributed by atoms with Gasteiger partial charge < -0.3 is 0 Å². The van der Waals surface area contributed by atoms with E-state index in [0.29, 0.717) is 0 Å². The topological polar surface area (TPSA) is 17.1 Å². The number of hydrogen-bond acceptors (Lipinski definition) is 1. The van der Waals surface area contributed by atoms with Crippen LogP contribution in [0.5, 0.6) is 0 Å². The lowest BCUT2D eigenvalue weighted by atomic mass is 10.0. The summed E-state index contributed by atoms with van der Waals surface area (Å²) in [4.78, 5) is 10.9. The van der Waals surface area contributed by atoms with E-state index < -0.39 is 0 Å². The second-order valence-corrected chi connectivity index (χ2v) is 5.40. The van der Waals surface area contributed by atoms with Gasteiger partial charge in [-0.1, -0.05) is 81.9 Å². The van der Waals surface area contributed by atoms with Gasteiger partial charge in [-0.2, -0.15) is 0 Å². The molecule has 0 aliphatic heterocycles. The fraction of sp³-hybridized carbons (Fsp3) is 0.526. The smallest absolute Gasteiger partial charge is 0.150 e. The number of benzene rings is 1. The van der Waals surface area contributed by atoms with Gasteiger partial charge in [0.05, 0.1) is 0 Å². The molecule has 0 fully saturated rings. The van der Waals surface area contributed by atoms with Crippen LogP contribution in [0.25, 0.3) is 0 Å². The summed E-state index contributed by atoms with van der Waals surface area (Å²) in [5.41, 5.74) is 1.94. The molecule has 1 nitrogen and oxygen atoms in total. The van der Waals surface area contributed by atoms with Crippen LogP contribution in [-0.4, -0.2) is 6.29 Å². The number of carbonyl (C=O) groups is 1. The number of unbranched alkanes of at least 4 members (excludes halogenated alkanes) is 7. The molecule has 0 saturated carbocycles. The summed E-state index contributed by atoms with van der Waals surface area (Å²) in [5, 5.41) is 0. The van der Waals surface area contributed by atoms with E-state index in [0.717, 1.165) is 30.3 Å². The highest BCUT2D eigenvalue weighted by Crippen LogP contribution is 2.10. The predicted molar refractivity (Wildman–Crippen MR) is 87.3 cm³/mol. The molecule has 0 unspecified atom stereocenters. The van der Waals surface area contributed by atoms with E-state index in [1.165, 1.54) is 44.9 Å². The zero-order valence-corrected chi connectivity index (χ0v) is 12.8. The lowest BCUT2D eigenvalue weighted by molar-refractivity contribution is 0.112. The van der Waals surface area contributed by atoms with Crippen LogP contribution in [-0.2, 0) is 6.42 Å². The molecule has 0 aromatic heterocycles. The number of carbonyl (C=O) groups excluding carboxylic acids is 1. The molecule has 0 aliphatic carbocycles. The number of aldehydes is 1. The van der Waals surface area contributed by atoms with Crippen LogP contribution in [0.1, 0.15) is 74.2 Å². The van der Waals surface area contributed by atoms with Crippen molar-refractivity contribution in [2.24, 2.45) is 0 Å². The van der Waals surface area contributed by atoms with Crippen molar-refractivity contribution in [3.8, 4) is 0 Å². The van der Waals surface area contributed by atoms with E-state index in [2.05, 4.69) is 19.1 Å². The normalized spacial score (nSPS) is 11.1. The van der Waals surface area contributed by atoms with E-state index in [4.69, 9.17) is 0 Å². The number of rotatable bonds is 11. The van der Waals surface area contributed by atoms with Crippen molar-refractivity contribution in [2.45, 2.75) is 64.7 Å². The van der Waals surface area contributed by atoms with Crippen LogP contribution in [0.4, 0.5) is 0 Å². The zero-order chi connectivity index (χ0) is 14.5. The summed E-state index contributed by atoms with van der Waals surface area (Å²) >= 11 is 0. The Labute approximate surface area is 124 Å². The van der Waals surface area contributed by atoms with Crippen LogP contribution >= 0.6 is 0 Å². The second kappa shape index (κ2) is 11.5. The van der Waals surface area contributed by atoms with Gasteiger partial charge >= 0.3 is 0 Å². The molecule has 1 aromatic carbocycles. The van der Waals surface area contributed by atoms with Gasteiger partial charge in [0.25, 0.3) is 0 Å². The Bertz CT molecular complexity index is 393. The van der Waals surface area contributed by atoms with Gasteiger partial charge in [-0.3, -0.25) is 4.79 Å². The fourth-order valence-electron chi connectivity index (χ4n) is 2.38. The highest BCUT2D eigenvalue weighted by molar-refractivity contribution is 5.77. The zero-order valence-electron chi connectivity index (χ0n) is 12.8. The minimum absolute atomic E-state index is 0.813. The van der Waals surface area contributed by atoms with Gasteiger partial charge in [0.2, 0.25) is 0 Å². The van der Waals surface area contributed by atoms with Gasteiger partial charge in [-0.15, -0.1) is 0 Å². The molecule has 0 N–H and O–H groups in total. The Balaban J connectivity index is 2.09. The highest BCUT2D eigenvalue weighted by Gasteiger charge is 1.97.